The Morgan fingerprint density at radius 1 is 1.06 bits per heavy atom. The molecule has 0 unspecified atom stereocenters. The van der Waals surface area contributed by atoms with E-state index in [2.05, 4.69) is 5.32 Å². The lowest BCUT2D eigenvalue weighted by molar-refractivity contribution is -0.219. The molecule has 2 aromatic carbocycles. The highest BCUT2D eigenvalue weighted by Crippen LogP contribution is 2.39. The number of fused-ring (bicyclic) bond motifs is 1. The van der Waals surface area contributed by atoms with Gasteiger partial charge in [0, 0.05) is 13.7 Å². The van der Waals surface area contributed by atoms with Crippen molar-refractivity contribution in [1.82, 2.24) is 5.32 Å². The molecule has 8 heteroatoms. The van der Waals surface area contributed by atoms with Gasteiger partial charge in [0.1, 0.15) is 18.3 Å². The minimum Gasteiger partial charge on any atom is -0.376 e. The predicted molar refractivity (Wildman–Crippen MR) is 120 cm³/mol. The summed E-state index contributed by atoms with van der Waals surface area (Å²) in [5, 5.41) is 3.39. The van der Waals surface area contributed by atoms with E-state index in [1.165, 1.54) is 0 Å². The van der Waals surface area contributed by atoms with E-state index in [1.807, 2.05) is 51.1 Å². The van der Waals surface area contributed by atoms with Crippen LogP contribution in [0.15, 0.2) is 59.5 Å². The number of benzene rings is 2. The smallest absolute Gasteiger partial charge is 0.190 e. The first-order chi connectivity index (χ1) is 15.2. The summed E-state index contributed by atoms with van der Waals surface area (Å²) in [4.78, 5) is 0.287. The van der Waals surface area contributed by atoms with Crippen molar-refractivity contribution in [2.24, 2.45) is 0 Å². The molecule has 2 aliphatic rings. The van der Waals surface area contributed by atoms with E-state index in [9.17, 15) is 8.42 Å². The fraction of sp³-hybridized carbons (Fsp3) is 0.500. The van der Waals surface area contributed by atoms with Crippen molar-refractivity contribution in [2.45, 2.75) is 68.6 Å². The third-order valence-corrected chi connectivity index (χ3v) is 7.67. The van der Waals surface area contributed by atoms with Gasteiger partial charge >= 0.3 is 0 Å². The van der Waals surface area contributed by atoms with Gasteiger partial charge in [0.25, 0.3) is 0 Å². The highest BCUT2D eigenvalue weighted by molar-refractivity contribution is 7.91. The molecule has 2 aromatic rings. The van der Waals surface area contributed by atoms with Crippen molar-refractivity contribution in [1.29, 1.82) is 0 Å². The molecule has 2 aliphatic heterocycles. The number of sulfone groups is 1. The monoisotopic (exact) mass is 461 g/mol. The van der Waals surface area contributed by atoms with Gasteiger partial charge in [0.2, 0.25) is 0 Å². The van der Waals surface area contributed by atoms with Crippen LogP contribution in [0.5, 0.6) is 0 Å². The summed E-state index contributed by atoms with van der Waals surface area (Å²) in [7, 11) is -1.99. The predicted octanol–water partition coefficient (Wildman–Crippen LogP) is 2.82. The van der Waals surface area contributed by atoms with Crippen LogP contribution in [-0.2, 0) is 35.3 Å². The molecule has 174 valence electrons. The van der Waals surface area contributed by atoms with E-state index in [1.54, 1.807) is 31.4 Å². The van der Waals surface area contributed by atoms with Crippen molar-refractivity contribution in [3.63, 3.8) is 0 Å². The summed E-state index contributed by atoms with van der Waals surface area (Å²) >= 11 is 0. The number of nitrogens with one attached hydrogen (secondary N) is 1. The zero-order chi connectivity index (χ0) is 22.9. The average Bonchev–Trinajstić information content (AvgIpc) is 3.23. The largest absolute Gasteiger partial charge is 0.376 e. The van der Waals surface area contributed by atoms with Crippen molar-refractivity contribution in [3.05, 3.63) is 65.7 Å². The Hall–Kier alpha value is -1.81. The SMILES string of the molecule is CO[C@@H]1[C@H]2OC(C)(C)O[C@H]2O[C@@H]1[C@H](CS(=O)(=O)c1ccc(C)cc1)NCc1ccccc1. The molecule has 2 fully saturated rings. The minimum absolute atomic E-state index is 0.143. The fourth-order valence-electron chi connectivity index (χ4n) is 4.29. The Balaban J connectivity index is 1.58. The number of ether oxygens (including phenoxy) is 4. The molecule has 0 bridgehead atoms. The molecule has 2 saturated heterocycles. The van der Waals surface area contributed by atoms with Crippen LogP contribution in [0.2, 0.25) is 0 Å². The normalized spacial score (nSPS) is 27.9. The maximum Gasteiger partial charge on any atom is 0.190 e. The van der Waals surface area contributed by atoms with E-state index >= 15 is 0 Å². The maximum atomic E-state index is 13.3. The molecule has 5 atom stereocenters. The Kier molecular flexibility index (Phi) is 6.72. The van der Waals surface area contributed by atoms with Crippen molar-refractivity contribution in [2.75, 3.05) is 12.9 Å². The van der Waals surface area contributed by atoms with E-state index in [4.69, 9.17) is 18.9 Å². The lowest BCUT2D eigenvalue weighted by Gasteiger charge is -2.31. The zero-order valence-corrected chi connectivity index (χ0v) is 19.7. The summed E-state index contributed by atoms with van der Waals surface area (Å²) in [6.45, 7) is 6.07. The molecule has 32 heavy (non-hydrogen) atoms. The molecule has 0 amide bonds. The van der Waals surface area contributed by atoms with Gasteiger partial charge in [-0.25, -0.2) is 8.42 Å². The third kappa shape index (κ3) is 5.06. The lowest BCUT2D eigenvalue weighted by atomic mass is 10.0. The zero-order valence-electron chi connectivity index (χ0n) is 18.9. The average molecular weight is 462 g/mol. The summed E-state index contributed by atoms with van der Waals surface area (Å²) < 4.78 is 50.3. The van der Waals surface area contributed by atoms with Crippen LogP contribution in [0.1, 0.15) is 25.0 Å². The Bertz CT molecular complexity index is 1010. The topological polar surface area (TPSA) is 83.1 Å². The fourth-order valence-corrected chi connectivity index (χ4v) is 5.81. The van der Waals surface area contributed by atoms with E-state index in [-0.39, 0.29) is 10.6 Å². The standard InChI is InChI=1S/C24H31NO6S/c1-16-10-12-18(13-11-16)32(26,27)15-19(25-14-17-8-6-5-7-9-17)20-21(28-4)22-23(29-20)31-24(2,3)30-22/h5-13,19-23,25H,14-15H2,1-4H3/t19-,20+,21-,22+,23+/m0/s1. The van der Waals surface area contributed by atoms with Gasteiger partial charge in [-0.3, -0.25) is 0 Å². The molecule has 7 nitrogen and oxygen atoms in total. The summed E-state index contributed by atoms with van der Waals surface area (Å²) in [5.41, 5.74) is 2.05. The number of aryl methyl sites for hydroxylation is 1. The summed E-state index contributed by atoms with van der Waals surface area (Å²) in [6.07, 6.45) is -2.07. The Morgan fingerprint density at radius 2 is 1.75 bits per heavy atom. The quantitative estimate of drug-likeness (QED) is 0.647. The number of rotatable bonds is 8. The molecule has 0 aromatic heterocycles. The van der Waals surface area contributed by atoms with Gasteiger partial charge in [0.05, 0.1) is 16.7 Å². The van der Waals surface area contributed by atoms with Gasteiger partial charge in [-0.05, 0) is 38.5 Å². The van der Waals surface area contributed by atoms with Crippen LogP contribution in [0.25, 0.3) is 0 Å². The number of hydrogen-bond donors (Lipinski definition) is 1. The number of hydrogen-bond acceptors (Lipinski definition) is 7. The molecule has 0 aliphatic carbocycles. The van der Waals surface area contributed by atoms with E-state index in [0.29, 0.717) is 6.54 Å². The molecule has 4 rings (SSSR count). The van der Waals surface area contributed by atoms with E-state index < -0.39 is 46.3 Å². The van der Waals surface area contributed by atoms with Crippen LogP contribution in [0.4, 0.5) is 0 Å². The van der Waals surface area contributed by atoms with Crippen molar-refractivity contribution >= 4 is 9.84 Å². The van der Waals surface area contributed by atoms with Crippen molar-refractivity contribution in [3.8, 4) is 0 Å². The Morgan fingerprint density at radius 3 is 2.41 bits per heavy atom. The van der Waals surface area contributed by atoms with Crippen LogP contribution < -0.4 is 5.32 Å². The molecule has 1 N–H and O–H groups in total. The van der Waals surface area contributed by atoms with Gasteiger partial charge in [-0.2, -0.15) is 0 Å². The molecule has 0 radical (unpaired) electrons. The second kappa shape index (κ2) is 9.21. The highest BCUT2D eigenvalue weighted by Gasteiger charge is 2.57. The third-order valence-electron chi connectivity index (χ3n) is 5.89. The Labute approximate surface area is 189 Å². The first-order valence-electron chi connectivity index (χ1n) is 10.8. The maximum absolute atomic E-state index is 13.3. The van der Waals surface area contributed by atoms with Crippen LogP contribution in [0, 0.1) is 6.92 Å². The first kappa shape index (κ1) is 23.4. The van der Waals surface area contributed by atoms with Crippen LogP contribution >= 0.6 is 0 Å². The molecule has 2 heterocycles. The first-order valence-corrected chi connectivity index (χ1v) is 12.4. The van der Waals surface area contributed by atoms with Crippen LogP contribution in [-0.4, -0.2) is 57.7 Å². The van der Waals surface area contributed by atoms with Gasteiger partial charge in [-0.1, -0.05) is 48.0 Å². The lowest BCUT2D eigenvalue weighted by Crippen LogP contribution is -2.51. The summed E-state index contributed by atoms with van der Waals surface area (Å²) in [6, 6.07) is 16.2. The molecule has 0 spiro atoms. The molecular formula is C24H31NO6S. The minimum atomic E-state index is -3.58. The number of methoxy groups -OCH3 is 1. The van der Waals surface area contributed by atoms with Gasteiger partial charge < -0.3 is 24.3 Å². The van der Waals surface area contributed by atoms with Crippen LogP contribution in [0.3, 0.4) is 0 Å². The highest BCUT2D eigenvalue weighted by atomic mass is 32.2. The summed E-state index contributed by atoms with van der Waals surface area (Å²) in [5.74, 6) is -0.922. The van der Waals surface area contributed by atoms with Crippen molar-refractivity contribution < 1.29 is 27.4 Å². The second-order valence-electron chi connectivity index (χ2n) is 8.84. The molecule has 0 saturated carbocycles. The van der Waals surface area contributed by atoms with E-state index in [0.717, 1.165) is 11.1 Å². The van der Waals surface area contributed by atoms with Gasteiger partial charge in [0.15, 0.2) is 21.9 Å². The van der Waals surface area contributed by atoms with Gasteiger partial charge in [-0.15, -0.1) is 0 Å². The molecular weight excluding hydrogens is 430 g/mol. The second-order valence-corrected chi connectivity index (χ2v) is 10.9.